The van der Waals surface area contributed by atoms with E-state index in [9.17, 15) is 18.3 Å². The van der Waals surface area contributed by atoms with Crippen molar-refractivity contribution in [3.05, 3.63) is 59.2 Å². The second-order valence-electron chi connectivity index (χ2n) is 10.2. The van der Waals surface area contributed by atoms with E-state index >= 15 is 0 Å². The van der Waals surface area contributed by atoms with Gasteiger partial charge in [-0.1, -0.05) is 63.4 Å². The summed E-state index contributed by atoms with van der Waals surface area (Å²) in [5, 5.41) is 16.5. The molecular formula is C29H46N4O5S. The molecule has 0 saturated heterocycles. The number of hydrogen-bond acceptors (Lipinski definition) is 8. The van der Waals surface area contributed by atoms with E-state index in [2.05, 4.69) is 17.6 Å². The Labute approximate surface area is 233 Å². The highest BCUT2D eigenvalue weighted by Gasteiger charge is 2.42. The van der Waals surface area contributed by atoms with Crippen molar-refractivity contribution >= 4 is 15.8 Å². The summed E-state index contributed by atoms with van der Waals surface area (Å²) in [5.74, 6) is -0.415. The highest BCUT2D eigenvalue weighted by Crippen LogP contribution is 2.40. The summed E-state index contributed by atoms with van der Waals surface area (Å²) in [6, 6.07) is 12.3. The molecule has 0 unspecified atom stereocenters. The van der Waals surface area contributed by atoms with Crippen LogP contribution in [0, 0.1) is 0 Å². The zero-order valence-corrected chi connectivity index (χ0v) is 24.4. The van der Waals surface area contributed by atoms with Crippen LogP contribution in [0.5, 0.6) is 5.75 Å². The number of sulfone groups is 1. The molecule has 218 valence electrons. The molecule has 0 saturated carbocycles. The van der Waals surface area contributed by atoms with E-state index in [0.717, 1.165) is 31.2 Å². The van der Waals surface area contributed by atoms with Gasteiger partial charge in [0.1, 0.15) is 11.8 Å². The quantitative estimate of drug-likeness (QED) is 0.211. The van der Waals surface area contributed by atoms with Crippen molar-refractivity contribution < 1.29 is 23.1 Å². The van der Waals surface area contributed by atoms with Gasteiger partial charge in [0.05, 0.1) is 23.8 Å². The lowest BCUT2D eigenvalue weighted by atomic mass is 9.88. The monoisotopic (exact) mass is 562 g/mol. The predicted molar refractivity (Wildman–Crippen MR) is 155 cm³/mol. The molecule has 1 heterocycles. The third kappa shape index (κ3) is 8.02. The van der Waals surface area contributed by atoms with Crippen LogP contribution in [-0.4, -0.2) is 50.5 Å². The maximum Gasteiger partial charge on any atom is 0.320 e. The molecule has 0 bridgehead atoms. The van der Waals surface area contributed by atoms with Crippen molar-refractivity contribution in [1.82, 2.24) is 16.8 Å². The summed E-state index contributed by atoms with van der Waals surface area (Å²) < 4.78 is 33.7. The number of unbranched alkanes of at least 4 members (excludes halogenated alkanes) is 2. The molecule has 10 heteroatoms. The second kappa shape index (κ2) is 14.8. The van der Waals surface area contributed by atoms with Gasteiger partial charge in [0, 0.05) is 17.6 Å². The zero-order valence-electron chi connectivity index (χ0n) is 23.5. The number of nitrogens with two attached hydrogens (primary N) is 1. The number of carboxylic acids is 1. The molecule has 39 heavy (non-hydrogen) atoms. The van der Waals surface area contributed by atoms with Crippen molar-refractivity contribution in [3.8, 4) is 5.75 Å². The number of hydrogen-bond donors (Lipinski definition) is 5. The fourth-order valence-corrected chi connectivity index (χ4v) is 7.47. The first kappa shape index (κ1) is 32.7. The van der Waals surface area contributed by atoms with Gasteiger partial charge in [0.2, 0.25) is 0 Å². The minimum absolute atomic E-state index is 0. The maximum absolute atomic E-state index is 14.0. The van der Waals surface area contributed by atoms with Crippen molar-refractivity contribution in [2.75, 3.05) is 19.4 Å². The summed E-state index contributed by atoms with van der Waals surface area (Å²) in [4.78, 5) is 12.1. The van der Waals surface area contributed by atoms with Crippen LogP contribution >= 0.6 is 0 Å². The number of rotatable bonds is 14. The lowest BCUT2D eigenvalue weighted by Gasteiger charge is -2.36. The third-order valence-corrected chi connectivity index (χ3v) is 9.53. The summed E-state index contributed by atoms with van der Waals surface area (Å²) in [5.41, 5.74) is 7.24. The van der Waals surface area contributed by atoms with E-state index in [1.165, 1.54) is 0 Å². The number of nitrogens with one attached hydrogen (secondary N) is 2. The summed E-state index contributed by atoms with van der Waals surface area (Å²) >= 11 is 0. The van der Waals surface area contributed by atoms with Crippen LogP contribution in [0.1, 0.15) is 81.5 Å². The minimum Gasteiger partial charge on any atom is -0.496 e. The summed E-state index contributed by atoms with van der Waals surface area (Å²) in [6.45, 7) is 4.84. The summed E-state index contributed by atoms with van der Waals surface area (Å²) in [6.07, 6.45) is 5.21. The lowest BCUT2D eigenvalue weighted by molar-refractivity contribution is -0.139. The molecule has 0 aromatic heterocycles. The molecule has 1 aliphatic heterocycles. The number of carboxylic acid groups (broad SMARTS) is 1. The molecule has 3 atom stereocenters. The predicted octanol–water partition coefficient (Wildman–Crippen LogP) is 4.33. The van der Waals surface area contributed by atoms with Crippen molar-refractivity contribution in [2.24, 2.45) is 5.73 Å². The fraction of sp³-hybridized carbons (Fsp3) is 0.552. The average molecular weight is 563 g/mol. The molecule has 1 aliphatic rings. The molecule has 0 amide bonds. The Bertz CT molecular complexity index is 1180. The van der Waals surface area contributed by atoms with Crippen LogP contribution in [0.3, 0.4) is 0 Å². The normalized spacial score (nSPS) is 20.8. The van der Waals surface area contributed by atoms with Crippen LogP contribution in [0.4, 0.5) is 0 Å². The smallest absolute Gasteiger partial charge is 0.320 e. The average Bonchev–Trinajstić information content (AvgIpc) is 3.01. The van der Waals surface area contributed by atoms with Crippen LogP contribution in [0.15, 0.2) is 47.4 Å². The van der Waals surface area contributed by atoms with Crippen LogP contribution in [0.25, 0.3) is 0 Å². The van der Waals surface area contributed by atoms with Gasteiger partial charge < -0.3 is 27.0 Å². The molecule has 3 rings (SSSR count). The van der Waals surface area contributed by atoms with Crippen LogP contribution in [-0.2, 0) is 21.2 Å². The number of fused-ring (bicyclic) bond motifs is 1. The van der Waals surface area contributed by atoms with E-state index in [1.807, 2.05) is 43.3 Å². The Hall–Kier alpha value is -2.50. The van der Waals surface area contributed by atoms with Crippen LogP contribution < -0.4 is 27.3 Å². The standard InChI is InChI=1S/C29H43N3O5S.H3N/c1-4-6-15-29(5-2)20-38(35,36)26-17-22(19-31-24(28(33)34)14-10-11-16-30)25(37-3)18-23(26)27(32-29)21-12-8-7-9-13-21;/h7-9,12-13,17-18,24,27,31-32H,4-6,10-11,14-16,19-20,30H2,1-3H3,(H,33,34);1H3/t24-,27+,29+;/m0./s1. The highest BCUT2D eigenvalue weighted by molar-refractivity contribution is 7.91. The van der Waals surface area contributed by atoms with Gasteiger partial charge in [-0.05, 0) is 55.5 Å². The van der Waals surface area contributed by atoms with Gasteiger partial charge in [-0.3, -0.25) is 10.1 Å². The SMILES string of the molecule is CCCC[C@]1(CC)CS(=O)(=O)c2cc(CN[C@@H](CCCCN)C(=O)O)c(OC)cc2[C@@H](c2ccccc2)N1.N. The number of benzene rings is 2. The first-order valence-electron chi connectivity index (χ1n) is 13.6. The maximum atomic E-state index is 14.0. The summed E-state index contributed by atoms with van der Waals surface area (Å²) in [7, 11) is -2.12. The highest BCUT2D eigenvalue weighted by atomic mass is 32.2. The molecule has 0 radical (unpaired) electrons. The largest absolute Gasteiger partial charge is 0.496 e. The van der Waals surface area contributed by atoms with Gasteiger partial charge in [-0.2, -0.15) is 0 Å². The molecule has 8 N–H and O–H groups in total. The van der Waals surface area contributed by atoms with Crippen molar-refractivity contribution in [2.45, 2.75) is 87.9 Å². The van der Waals surface area contributed by atoms with E-state index in [1.54, 1.807) is 13.2 Å². The first-order valence-corrected chi connectivity index (χ1v) is 15.3. The Kier molecular flexibility index (Phi) is 12.4. The molecule has 2 aromatic carbocycles. The number of methoxy groups -OCH3 is 1. The second-order valence-corrected chi connectivity index (χ2v) is 12.2. The Morgan fingerprint density at radius 1 is 1.21 bits per heavy atom. The topological polar surface area (TPSA) is 166 Å². The molecule has 9 nitrogen and oxygen atoms in total. The molecule has 0 fully saturated rings. The van der Waals surface area contributed by atoms with Crippen molar-refractivity contribution in [1.29, 1.82) is 0 Å². The van der Waals surface area contributed by atoms with Crippen LogP contribution in [0.2, 0.25) is 0 Å². The Morgan fingerprint density at radius 3 is 2.51 bits per heavy atom. The van der Waals surface area contributed by atoms with Gasteiger partial charge in [-0.15, -0.1) is 0 Å². The number of ether oxygens (including phenoxy) is 1. The number of carbonyl (C=O) groups is 1. The van der Waals surface area contributed by atoms with E-state index in [0.29, 0.717) is 42.7 Å². The lowest BCUT2D eigenvalue weighted by Crippen LogP contribution is -2.50. The van der Waals surface area contributed by atoms with Gasteiger partial charge >= 0.3 is 5.97 Å². The van der Waals surface area contributed by atoms with E-state index in [-0.39, 0.29) is 29.4 Å². The van der Waals surface area contributed by atoms with E-state index < -0.39 is 27.4 Å². The van der Waals surface area contributed by atoms with E-state index in [4.69, 9.17) is 10.5 Å². The van der Waals surface area contributed by atoms with Gasteiger partial charge in [0.25, 0.3) is 0 Å². The number of aliphatic carboxylic acids is 1. The molecule has 0 spiro atoms. The molecular weight excluding hydrogens is 516 g/mol. The van der Waals surface area contributed by atoms with Gasteiger partial charge in [0.15, 0.2) is 9.84 Å². The molecule has 0 aliphatic carbocycles. The molecule has 2 aromatic rings. The Balaban J connectivity index is 0.00000533. The van der Waals surface area contributed by atoms with Crippen molar-refractivity contribution in [3.63, 3.8) is 0 Å². The fourth-order valence-electron chi connectivity index (χ4n) is 5.30. The zero-order chi connectivity index (χ0) is 27.8. The first-order chi connectivity index (χ1) is 18.2. The Morgan fingerprint density at radius 2 is 1.92 bits per heavy atom. The van der Waals surface area contributed by atoms with Gasteiger partial charge in [-0.25, -0.2) is 8.42 Å². The third-order valence-electron chi connectivity index (χ3n) is 7.58. The minimum atomic E-state index is -3.67.